The Morgan fingerprint density at radius 3 is 2.70 bits per heavy atom. The number of carbonyl (C=O) groups excluding carboxylic acids is 1. The van der Waals surface area contributed by atoms with E-state index in [1.54, 1.807) is 29.3 Å². The first kappa shape index (κ1) is 15.0. The summed E-state index contributed by atoms with van der Waals surface area (Å²) in [7, 11) is 0. The van der Waals surface area contributed by atoms with E-state index in [9.17, 15) is 4.79 Å². The molecular formula is C18H18N4O. The third kappa shape index (κ3) is 3.63. The van der Waals surface area contributed by atoms with Gasteiger partial charge in [0.15, 0.2) is 5.82 Å². The number of amides is 1. The lowest BCUT2D eigenvalue weighted by Gasteiger charge is -2.13. The van der Waals surface area contributed by atoms with Gasteiger partial charge in [0.1, 0.15) is 0 Å². The molecule has 0 aliphatic heterocycles. The van der Waals surface area contributed by atoms with Gasteiger partial charge in [0, 0.05) is 25.0 Å². The largest absolute Gasteiger partial charge is 0.323 e. The second-order valence-electron chi connectivity index (χ2n) is 5.39. The zero-order chi connectivity index (χ0) is 16.1. The second-order valence-corrected chi connectivity index (χ2v) is 5.39. The Morgan fingerprint density at radius 1 is 1.13 bits per heavy atom. The topological polar surface area (TPSA) is 59.8 Å². The van der Waals surface area contributed by atoms with Crippen LogP contribution in [0.1, 0.15) is 24.8 Å². The Morgan fingerprint density at radius 2 is 1.96 bits per heavy atom. The summed E-state index contributed by atoms with van der Waals surface area (Å²) in [5.41, 5.74) is 1.81. The lowest BCUT2D eigenvalue weighted by Crippen LogP contribution is -2.16. The first-order valence-electron chi connectivity index (χ1n) is 7.54. The van der Waals surface area contributed by atoms with E-state index >= 15 is 0 Å². The number of pyridine rings is 1. The van der Waals surface area contributed by atoms with Crippen LogP contribution in [0.3, 0.4) is 0 Å². The molecule has 1 atom stereocenters. The van der Waals surface area contributed by atoms with E-state index in [-0.39, 0.29) is 11.8 Å². The van der Waals surface area contributed by atoms with Crippen LogP contribution in [-0.2, 0) is 4.79 Å². The molecule has 0 spiro atoms. The number of nitrogens with zero attached hydrogens (tertiary/aromatic N) is 3. The van der Waals surface area contributed by atoms with Gasteiger partial charge >= 0.3 is 0 Å². The van der Waals surface area contributed by atoms with Crippen LogP contribution in [0, 0.1) is 0 Å². The molecule has 0 saturated carbocycles. The molecule has 0 saturated heterocycles. The zero-order valence-electron chi connectivity index (χ0n) is 12.9. The Bertz CT molecular complexity index is 769. The number of nitrogens with one attached hydrogen (secondary N) is 1. The Hall–Kier alpha value is -2.95. The summed E-state index contributed by atoms with van der Waals surface area (Å²) in [6, 6.07) is 15.5. The molecule has 5 heteroatoms. The van der Waals surface area contributed by atoms with E-state index in [0.717, 1.165) is 5.56 Å². The maximum Gasteiger partial charge on any atom is 0.225 e. The van der Waals surface area contributed by atoms with Crippen molar-refractivity contribution in [3.8, 4) is 5.82 Å². The molecule has 2 aromatic heterocycles. The second kappa shape index (κ2) is 6.87. The van der Waals surface area contributed by atoms with Gasteiger partial charge in [-0.3, -0.25) is 4.79 Å². The van der Waals surface area contributed by atoms with Gasteiger partial charge in [-0.1, -0.05) is 37.3 Å². The summed E-state index contributed by atoms with van der Waals surface area (Å²) in [5, 5.41) is 7.10. The Labute approximate surface area is 135 Å². The highest BCUT2D eigenvalue weighted by Gasteiger charge is 2.13. The Balaban J connectivity index is 1.72. The molecule has 1 aromatic carbocycles. The lowest BCUT2D eigenvalue weighted by molar-refractivity contribution is -0.116. The molecule has 3 aromatic rings. The van der Waals surface area contributed by atoms with Crippen molar-refractivity contribution in [1.82, 2.24) is 14.8 Å². The number of hydrogen-bond donors (Lipinski definition) is 1. The summed E-state index contributed by atoms with van der Waals surface area (Å²) < 4.78 is 1.64. The van der Waals surface area contributed by atoms with Crippen LogP contribution in [0.5, 0.6) is 0 Å². The number of carbonyl (C=O) groups is 1. The zero-order valence-corrected chi connectivity index (χ0v) is 12.9. The van der Waals surface area contributed by atoms with Crippen molar-refractivity contribution in [3.05, 3.63) is 72.7 Å². The fourth-order valence-electron chi connectivity index (χ4n) is 2.45. The van der Waals surface area contributed by atoms with E-state index in [4.69, 9.17) is 0 Å². The molecule has 1 amide bonds. The molecule has 0 radical (unpaired) electrons. The minimum absolute atomic E-state index is 0.0391. The van der Waals surface area contributed by atoms with E-state index in [1.165, 1.54) is 0 Å². The van der Waals surface area contributed by atoms with Crippen LogP contribution in [0.25, 0.3) is 5.82 Å². The summed E-state index contributed by atoms with van der Waals surface area (Å²) in [6.07, 6.45) is 5.57. The van der Waals surface area contributed by atoms with Crippen LogP contribution in [-0.4, -0.2) is 20.7 Å². The number of hydrogen-bond acceptors (Lipinski definition) is 3. The maximum atomic E-state index is 12.3. The van der Waals surface area contributed by atoms with Crippen LogP contribution < -0.4 is 5.32 Å². The molecule has 0 aliphatic rings. The van der Waals surface area contributed by atoms with Crippen molar-refractivity contribution < 1.29 is 4.79 Å². The van der Waals surface area contributed by atoms with Gasteiger partial charge in [-0.2, -0.15) is 5.10 Å². The van der Waals surface area contributed by atoms with E-state index in [0.29, 0.717) is 17.9 Å². The minimum atomic E-state index is -0.0391. The molecule has 0 bridgehead atoms. The third-order valence-corrected chi connectivity index (χ3v) is 3.64. The predicted molar refractivity (Wildman–Crippen MR) is 89.5 cm³/mol. The Kier molecular flexibility index (Phi) is 4.47. The van der Waals surface area contributed by atoms with Crippen molar-refractivity contribution in [3.63, 3.8) is 0 Å². The normalized spacial score (nSPS) is 11.9. The number of rotatable bonds is 5. The molecule has 0 aliphatic carbocycles. The van der Waals surface area contributed by atoms with Crippen molar-refractivity contribution in [2.45, 2.75) is 19.3 Å². The quantitative estimate of drug-likeness (QED) is 0.786. The molecule has 0 unspecified atom stereocenters. The van der Waals surface area contributed by atoms with E-state index in [1.807, 2.05) is 49.4 Å². The maximum absolute atomic E-state index is 12.3. The minimum Gasteiger partial charge on any atom is -0.323 e. The van der Waals surface area contributed by atoms with Crippen LogP contribution >= 0.6 is 0 Å². The van der Waals surface area contributed by atoms with Crippen molar-refractivity contribution >= 4 is 11.6 Å². The average molecular weight is 306 g/mol. The molecule has 0 fully saturated rings. The summed E-state index contributed by atoms with van der Waals surface area (Å²) in [6.45, 7) is 2.05. The van der Waals surface area contributed by atoms with Gasteiger partial charge in [-0.25, -0.2) is 9.67 Å². The third-order valence-electron chi connectivity index (χ3n) is 3.64. The molecule has 3 rings (SSSR count). The van der Waals surface area contributed by atoms with E-state index in [2.05, 4.69) is 15.4 Å². The van der Waals surface area contributed by atoms with Gasteiger partial charge in [-0.05, 0) is 29.7 Å². The monoisotopic (exact) mass is 306 g/mol. The summed E-state index contributed by atoms with van der Waals surface area (Å²) in [5.74, 6) is 0.724. The fourth-order valence-corrected chi connectivity index (χ4v) is 2.45. The highest BCUT2D eigenvalue weighted by atomic mass is 16.1. The van der Waals surface area contributed by atoms with Crippen molar-refractivity contribution in [2.75, 3.05) is 5.32 Å². The molecule has 5 nitrogen and oxygen atoms in total. The van der Waals surface area contributed by atoms with Crippen LogP contribution in [0.4, 0.5) is 5.69 Å². The van der Waals surface area contributed by atoms with Gasteiger partial charge in [0.05, 0.1) is 5.69 Å². The fraction of sp³-hybridized carbons (Fsp3) is 0.167. The van der Waals surface area contributed by atoms with E-state index < -0.39 is 0 Å². The predicted octanol–water partition coefficient (Wildman–Crippen LogP) is 3.40. The summed E-state index contributed by atoms with van der Waals surface area (Å²) in [4.78, 5) is 16.6. The highest BCUT2D eigenvalue weighted by molar-refractivity contribution is 5.92. The molecule has 116 valence electrons. The van der Waals surface area contributed by atoms with Crippen LogP contribution in [0.2, 0.25) is 0 Å². The lowest BCUT2D eigenvalue weighted by atomic mass is 9.97. The SMILES string of the molecule is C[C@@H](CC(=O)Nc1cccnc1-n1cccn1)c1ccccc1. The van der Waals surface area contributed by atoms with Crippen molar-refractivity contribution in [2.24, 2.45) is 0 Å². The number of benzene rings is 1. The standard InChI is InChI=1S/C18H18N4O/c1-14(15-7-3-2-4-8-15)13-17(23)21-16-9-5-10-19-18(16)22-12-6-11-20-22/h2-12,14H,13H2,1H3,(H,21,23)/t14-/m0/s1. The molecular weight excluding hydrogens is 288 g/mol. The van der Waals surface area contributed by atoms with Gasteiger partial charge < -0.3 is 5.32 Å². The first-order valence-corrected chi connectivity index (χ1v) is 7.54. The molecule has 23 heavy (non-hydrogen) atoms. The molecule has 2 heterocycles. The van der Waals surface area contributed by atoms with Crippen LogP contribution in [0.15, 0.2) is 67.1 Å². The smallest absolute Gasteiger partial charge is 0.225 e. The molecule has 1 N–H and O–H groups in total. The van der Waals surface area contributed by atoms with Crippen molar-refractivity contribution in [1.29, 1.82) is 0 Å². The first-order chi connectivity index (χ1) is 11.2. The van der Waals surface area contributed by atoms with Gasteiger partial charge in [0.2, 0.25) is 5.91 Å². The van der Waals surface area contributed by atoms with Gasteiger partial charge in [0.25, 0.3) is 0 Å². The summed E-state index contributed by atoms with van der Waals surface area (Å²) >= 11 is 0. The number of aromatic nitrogens is 3. The average Bonchev–Trinajstić information content (AvgIpc) is 3.10. The highest BCUT2D eigenvalue weighted by Crippen LogP contribution is 2.21. The van der Waals surface area contributed by atoms with Gasteiger partial charge in [-0.15, -0.1) is 0 Å². The number of anilines is 1.